The second-order valence-corrected chi connectivity index (χ2v) is 5.46. The van der Waals surface area contributed by atoms with E-state index < -0.39 is 5.82 Å². The molecule has 21 heavy (non-hydrogen) atoms. The molecule has 0 heterocycles. The van der Waals surface area contributed by atoms with Crippen LogP contribution < -0.4 is 5.32 Å². The zero-order valence-electron chi connectivity index (χ0n) is 12.8. The fourth-order valence-electron chi connectivity index (χ4n) is 2.50. The first-order valence-electron chi connectivity index (χ1n) is 6.96. The minimum absolute atomic E-state index is 0.0434. The third kappa shape index (κ3) is 3.22. The molecule has 1 N–H and O–H groups in total. The minimum Gasteiger partial charge on any atom is -0.377 e. The predicted octanol–water partition coefficient (Wildman–Crippen LogP) is 4.80. The number of aryl methyl sites for hydroxylation is 3. The molecular weight excluding hydrogens is 263 g/mol. The summed E-state index contributed by atoms with van der Waals surface area (Å²) >= 11 is 0. The fraction of sp³-hybridized carbons (Fsp3) is 0.278. The lowest BCUT2D eigenvalue weighted by molar-refractivity contribution is 0.627. The maximum absolute atomic E-state index is 13.2. The molecule has 1 unspecified atom stereocenters. The summed E-state index contributed by atoms with van der Waals surface area (Å²) in [5.74, 6) is -0.396. The minimum atomic E-state index is -0.396. The number of halogens is 1. The van der Waals surface area contributed by atoms with Crippen molar-refractivity contribution < 1.29 is 4.39 Å². The molecule has 2 aromatic rings. The van der Waals surface area contributed by atoms with Gasteiger partial charge in [0.1, 0.15) is 11.9 Å². The molecule has 0 radical (unpaired) electrons. The van der Waals surface area contributed by atoms with Crippen LogP contribution in [0, 0.1) is 37.9 Å². The first-order valence-corrected chi connectivity index (χ1v) is 6.96. The maximum atomic E-state index is 13.2. The Kier molecular flexibility index (Phi) is 4.28. The maximum Gasteiger partial charge on any atom is 0.124 e. The molecule has 2 rings (SSSR count). The molecule has 1 atom stereocenters. The first-order chi connectivity index (χ1) is 9.92. The molecule has 2 aromatic carbocycles. The summed E-state index contributed by atoms with van der Waals surface area (Å²) < 4.78 is 13.2. The van der Waals surface area contributed by atoms with Crippen molar-refractivity contribution in [2.75, 3.05) is 5.32 Å². The average molecular weight is 282 g/mol. The van der Waals surface area contributed by atoms with Crippen LogP contribution >= 0.6 is 0 Å². The van der Waals surface area contributed by atoms with Crippen molar-refractivity contribution in [3.8, 4) is 6.07 Å². The molecule has 2 nitrogen and oxygen atoms in total. The van der Waals surface area contributed by atoms with Crippen LogP contribution in [0.2, 0.25) is 0 Å². The molecule has 0 spiro atoms. The molecule has 0 amide bonds. The van der Waals surface area contributed by atoms with Gasteiger partial charge >= 0.3 is 0 Å². The Balaban J connectivity index is 2.33. The number of nitrogens with one attached hydrogen (secondary N) is 1. The zero-order valence-corrected chi connectivity index (χ0v) is 12.8. The third-order valence-corrected chi connectivity index (χ3v) is 3.82. The molecule has 0 saturated carbocycles. The van der Waals surface area contributed by atoms with Crippen LogP contribution in [0.5, 0.6) is 0 Å². The van der Waals surface area contributed by atoms with Crippen LogP contribution in [0.1, 0.15) is 40.8 Å². The highest BCUT2D eigenvalue weighted by atomic mass is 19.1. The van der Waals surface area contributed by atoms with E-state index in [0.717, 1.165) is 0 Å². The quantitative estimate of drug-likeness (QED) is 0.878. The number of nitriles is 1. The lowest BCUT2D eigenvalue weighted by Gasteiger charge is -2.20. The monoisotopic (exact) mass is 282 g/mol. The van der Waals surface area contributed by atoms with Gasteiger partial charge < -0.3 is 5.32 Å². The van der Waals surface area contributed by atoms with Gasteiger partial charge in [-0.2, -0.15) is 5.26 Å². The lowest BCUT2D eigenvalue weighted by atomic mass is 9.96. The van der Waals surface area contributed by atoms with Gasteiger partial charge in [0.2, 0.25) is 0 Å². The SMILES string of the molecule is Cc1cc(C)c(C(C)Nc2ccc(F)cc2C#N)cc1C. The Bertz CT molecular complexity index is 714. The van der Waals surface area contributed by atoms with E-state index >= 15 is 0 Å². The molecule has 0 aliphatic heterocycles. The van der Waals surface area contributed by atoms with Gasteiger partial charge in [0.15, 0.2) is 0 Å². The number of hydrogen-bond donors (Lipinski definition) is 1. The largest absolute Gasteiger partial charge is 0.377 e. The van der Waals surface area contributed by atoms with E-state index in [4.69, 9.17) is 5.26 Å². The number of rotatable bonds is 3. The molecule has 0 aliphatic rings. The van der Waals surface area contributed by atoms with Crippen LogP contribution in [0.4, 0.5) is 10.1 Å². The second kappa shape index (κ2) is 5.97. The van der Waals surface area contributed by atoms with Gasteiger partial charge in [-0.05, 0) is 68.1 Å². The van der Waals surface area contributed by atoms with Gasteiger partial charge in [-0.25, -0.2) is 4.39 Å². The van der Waals surface area contributed by atoms with E-state index in [1.165, 1.54) is 34.4 Å². The Morgan fingerprint density at radius 3 is 2.38 bits per heavy atom. The van der Waals surface area contributed by atoms with E-state index in [9.17, 15) is 4.39 Å². The van der Waals surface area contributed by atoms with Gasteiger partial charge in [-0.15, -0.1) is 0 Å². The van der Waals surface area contributed by atoms with Crippen molar-refractivity contribution in [1.82, 2.24) is 0 Å². The van der Waals surface area contributed by atoms with Crippen molar-refractivity contribution in [3.63, 3.8) is 0 Å². The van der Waals surface area contributed by atoms with Gasteiger partial charge in [0, 0.05) is 6.04 Å². The van der Waals surface area contributed by atoms with Crippen molar-refractivity contribution >= 4 is 5.69 Å². The summed E-state index contributed by atoms with van der Waals surface area (Å²) in [4.78, 5) is 0. The Labute approximate surface area is 125 Å². The standard InChI is InChI=1S/C18H19FN2/c1-11-7-13(3)17(8-12(11)2)14(4)21-18-6-5-16(19)9-15(18)10-20/h5-9,14,21H,1-4H3. The van der Waals surface area contributed by atoms with Gasteiger partial charge in [0.05, 0.1) is 11.3 Å². The number of nitrogens with zero attached hydrogens (tertiary/aromatic N) is 1. The van der Waals surface area contributed by atoms with Gasteiger partial charge in [-0.3, -0.25) is 0 Å². The zero-order chi connectivity index (χ0) is 15.6. The van der Waals surface area contributed by atoms with Crippen LogP contribution in [0.15, 0.2) is 30.3 Å². The van der Waals surface area contributed by atoms with E-state index in [1.54, 1.807) is 6.07 Å². The molecule has 0 fully saturated rings. The highest BCUT2D eigenvalue weighted by molar-refractivity contribution is 5.58. The number of anilines is 1. The summed E-state index contributed by atoms with van der Waals surface area (Å²) in [6.07, 6.45) is 0. The number of benzene rings is 2. The molecule has 0 aromatic heterocycles. The third-order valence-electron chi connectivity index (χ3n) is 3.82. The van der Waals surface area contributed by atoms with E-state index in [-0.39, 0.29) is 6.04 Å². The van der Waals surface area contributed by atoms with Crippen LogP contribution in [0.25, 0.3) is 0 Å². The molecule has 0 saturated heterocycles. The first kappa shape index (κ1) is 15.1. The lowest BCUT2D eigenvalue weighted by Crippen LogP contribution is -2.10. The van der Waals surface area contributed by atoms with E-state index in [0.29, 0.717) is 11.3 Å². The molecule has 0 aliphatic carbocycles. The normalized spacial score (nSPS) is 11.8. The summed E-state index contributed by atoms with van der Waals surface area (Å²) in [5.41, 5.74) is 5.88. The summed E-state index contributed by atoms with van der Waals surface area (Å²) in [6, 6.07) is 10.6. The second-order valence-electron chi connectivity index (χ2n) is 5.46. The topological polar surface area (TPSA) is 35.8 Å². The molecular formula is C18H19FN2. The Morgan fingerprint density at radius 2 is 1.71 bits per heavy atom. The summed E-state index contributed by atoms with van der Waals surface area (Å²) in [5, 5.41) is 12.4. The highest BCUT2D eigenvalue weighted by Crippen LogP contribution is 2.26. The van der Waals surface area contributed by atoms with Gasteiger partial charge in [0.25, 0.3) is 0 Å². The molecule has 0 bridgehead atoms. The van der Waals surface area contributed by atoms with E-state index in [1.807, 2.05) is 13.0 Å². The van der Waals surface area contributed by atoms with Crippen molar-refractivity contribution in [2.45, 2.75) is 33.7 Å². The Morgan fingerprint density at radius 1 is 1.05 bits per heavy atom. The smallest absolute Gasteiger partial charge is 0.124 e. The van der Waals surface area contributed by atoms with Crippen molar-refractivity contribution in [1.29, 1.82) is 5.26 Å². The predicted molar refractivity (Wildman–Crippen MR) is 83.8 cm³/mol. The number of hydrogen-bond acceptors (Lipinski definition) is 2. The average Bonchev–Trinajstić information content (AvgIpc) is 2.44. The van der Waals surface area contributed by atoms with Gasteiger partial charge in [-0.1, -0.05) is 12.1 Å². The van der Waals surface area contributed by atoms with E-state index in [2.05, 4.69) is 38.2 Å². The highest BCUT2D eigenvalue weighted by Gasteiger charge is 2.12. The van der Waals surface area contributed by atoms with Crippen LogP contribution in [0.3, 0.4) is 0 Å². The molecule has 3 heteroatoms. The fourth-order valence-corrected chi connectivity index (χ4v) is 2.50. The van der Waals surface area contributed by atoms with Crippen molar-refractivity contribution in [2.24, 2.45) is 0 Å². The Hall–Kier alpha value is -2.34. The molecule has 108 valence electrons. The van der Waals surface area contributed by atoms with Crippen molar-refractivity contribution in [3.05, 3.63) is 64.0 Å². The van der Waals surface area contributed by atoms with Crippen LogP contribution in [-0.2, 0) is 0 Å². The summed E-state index contributed by atoms with van der Waals surface area (Å²) in [7, 11) is 0. The van der Waals surface area contributed by atoms with Crippen LogP contribution in [-0.4, -0.2) is 0 Å². The summed E-state index contributed by atoms with van der Waals surface area (Å²) in [6.45, 7) is 8.30.